The van der Waals surface area contributed by atoms with E-state index >= 15 is 0 Å². The molecule has 0 fully saturated rings. The minimum Gasteiger partial charge on any atom is -0.324 e. The van der Waals surface area contributed by atoms with E-state index in [1.54, 1.807) is 12.1 Å². The van der Waals surface area contributed by atoms with Crippen LogP contribution in [0, 0.1) is 6.92 Å². The van der Waals surface area contributed by atoms with Crippen molar-refractivity contribution < 1.29 is 51.1 Å². The largest absolute Gasteiger partial charge is 0.397 e. The van der Waals surface area contributed by atoms with E-state index < -0.39 is 65.2 Å². The van der Waals surface area contributed by atoms with Crippen molar-refractivity contribution in [1.82, 2.24) is 15.0 Å². The van der Waals surface area contributed by atoms with E-state index in [1.807, 2.05) is 19.1 Å². The lowest BCUT2D eigenvalue weighted by Gasteiger charge is -2.12. The molecule has 4 rings (SSSR count). The summed E-state index contributed by atoms with van der Waals surface area (Å²) in [5, 5.41) is 8.94. The van der Waals surface area contributed by atoms with Gasteiger partial charge < -0.3 is 16.0 Å². The van der Waals surface area contributed by atoms with Gasteiger partial charge in [-0.05, 0) is 67.6 Å². The van der Waals surface area contributed by atoms with Crippen LogP contribution in [-0.2, 0) is 48.8 Å². The zero-order valence-electron chi connectivity index (χ0n) is 24.7. The van der Waals surface area contributed by atoms with Crippen LogP contribution in [-0.4, -0.2) is 82.4 Å². The summed E-state index contributed by atoms with van der Waals surface area (Å²) >= 11 is 0. The predicted molar refractivity (Wildman–Crippen MR) is 173 cm³/mol. The van der Waals surface area contributed by atoms with Gasteiger partial charge in [-0.25, -0.2) is 25.2 Å². The Morgan fingerprint density at radius 3 is 1.10 bits per heavy atom. The monoisotopic (exact) mass is 744 g/mol. The Kier molecular flexibility index (Phi) is 11.3. The van der Waals surface area contributed by atoms with Gasteiger partial charge in [-0.3, -0.25) is 9.11 Å². The number of aromatic nitrogens is 3. The second-order valence-corrected chi connectivity index (χ2v) is 16.1. The van der Waals surface area contributed by atoms with E-state index in [0.717, 1.165) is 5.56 Å². The Morgan fingerprint density at radius 1 is 0.521 bits per heavy atom. The van der Waals surface area contributed by atoms with Gasteiger partial charge >= 0.3 is 20.8 Å². The Bertz CT molecular complexity index is 2050. The number of hydrogen-bond donors (Lipinski definition) is 5. The molecule has 0 bridgehead atoms. The van der Waals surface area contributed by atoms with Crippen molar-refractivity contribution in [2.24, 2.45) is 0 Å². The first kappa shape index (κ1) is 36.5. The minimum absolute atomic E-state index is 0.0253. The Morgan fingerprint density at radius 2 is 0.812 bits per heavy atom. The smallest absolute Gasteiger partial charge is 0.324 e. The van der Waals surface area contributed by atoms with Crippen LogP contribution in [0.3, 0.4) is 0 Å². The summed E-state index contributed by atoms with van der Waals surface area (Å²) in [6.45, 7) is 0.372. The summed E-state index contributed by atoms with van der Waals surface area (Å²) in [6.07, 6.45) is 0. The third kappa shape index (κ3) is 11.4. The van der Waals surface area contributed by atoms with Crippen molar-refractivity contribution in [2.45, 2.75) is 16.7 Å². The Labute approximate surface area is 276 Å². The van der Waals surface area contributed by atoms with Crippen molar-refractivity contribution in [3.05, 3.63) is 78.4 Å². The highest BCUT2D eigenvalue weighted by Crippen LogP contribution is 2.23. The highest BCUT2D eigenvalue weighted by atomic mass is 32.3. The van der Waals surface area contributed by atoms with Crippen LogP contribution in [0.2, 0.25) is 0 Å². The molecule has 0 aliphatic rings. The molecule has 0 saturated carbocycles. The average Bonchev–Trinajstić information content (AvgIpc) is 2.97. The van der Waals surface area contributed by atoms with Crippen LogP contribution < -0.4 is 16.0 Å². The fourth-order valence-corrected chi connectivity index (χ4v) is 6.77. The van der Waals surface area contributed by atoms with Gasteiger partial charge in [0, 0.05) is 17.1 Å². The lowest BCUT2D eigenvalue weighted by molar-refractivity contribution is 0.282. The highest BCUT2D eigenvalue weighted by Gasteiger charge is 2.18. The fraction of sp³-hybridized carbons (Fsp3) is 0.192. The van der Waals surface area contributed by atoms with Gasteiger partial charge in [0.15, 0.2) is 19.7 Å². The molecule has 22 heteroatoms. The van der Waals surface area contributed by atoms with Crippen LogP contribution in [0.1, 0.15) is 5.56 Å². The summed E-state index contributed by atoms with van der Waals surface area (Å²) in [5.74, 6) is -1.25. The van der Waals surface area contributed by atoms with E-state index in [2.05, 4.69) is 39.3 Å². The van der Waals surface area contributed by atoms with Gasteiger partial charge in [0.2, 0.25) is 17.8 Å². The van der Waals surface area contributed by atoms with Gasteiger partial charge in [-0.1, -0.05) is 17.7 Å². The Hall–Kier alpha value is -4.29. The SMILES string of the molecule is Cc1ccc(Nc2nc(Nc3ccc(S(=O)(=O)CCOS(=O)(=O)O)cc3)nc(Nc3ccc(S(=O)(=O)CCOS(=O)(=O)O)cc3)n2)cc1. The fourth-order valence-electron chi connectivity index (χ4n) is 3.79. The van der Waals surface area contributed by atoms with Gasteiger partial charge in [-0.15, -0.1) is 0 Å². The molecule has 0 unspecified atom stereocenters. The third-order valence-corrected chi connectivity index (χ3v) is 10.4. The van der Waals surface area contributed by atoms with E-state index in [9.17, 15) is 33.7 Å². The van der Waals surface area contributed by atoms with E-state index in [4.69, 9.17) is 9.11 Å². The zero-order chi connectivity index (χ0) is 35.2. The lowest BCUT2D eigenvalue weighted by atomic mass is 10.2. The number of hydrogen-bond acceptors (Lipinski definition) is 16. The first-order valence-corrected chi connectivity index (χ1v) is 19.4. The number of rotatable bonds is 16. The summed E-state index contributed by atoms with van der Waals surface area (Å²) in [6, 6.07) is 18.1. The van der Waals surface area contributed by atoms with Gasteiger partial charge in [0.1, 0.15) is 0 Å². The molecule has 5 N–H and O–H groups in total. The number of aryl methyl sites for hydroxylation is 1. The molecular weight excluding hydrogens is 717 g/mol. The molecule has 0 aliphatic heterocycles. The van der Waals surface area contributed by atoms with Gasteiger partial charge in [0.25, 0.3) is 0 Å². The van der Waals surface area contributed by atoms with Crippen molar-refractivity contribution in [2.75, 3.05) is 40.7 Å². The van der Waals surface area contributed by atoms with Gasteiger partial charge in [-0.2, -0.15) is 31.8 Å². The number of benzene rings is 3. The minimum atomic E-state index is -4.79. The molecule has 18 nitrogen and oxygen atoms in total. The maximum atomic E-state index is 12.5. The predicted octanol–water partition coefficient (Wildman–Crippen LogP) is 2.60. The molecule has 0 saturated heterocycles. The molecule has 1 aromatic heterocycles. The molecule has 0 atom stereocenters. The number of nitrogens with one attached hydrogen (secondary N) is 3. The van der Waals surface area contributed by atoms with Crippen molar-refractivity contribution in [3.63, 3.8) is 0 Å². The zero-order valence-corrected chi connectivity index (χ0v) is 28.0. The van der Waals surface area contributed by atoms with E-state index in [-0.39, 0.29) is 27.6 Å². The molecule has 0 amide bonds. The second kappa shape index (κ2) is 14.9. The lowest BCUT2D eigenvalue weighted by Crippen LogP contribution is -2.15. The summed E-state index contributed by atoms with van der Waals surface area (Å²) in [4.78, 5) is 12.8. The van der Waals surface area contributed by atoms with Crippen LogP contribution in [0.15, 0.2) is 82.6 Å². The molecular formula is C26H28N6O12S4. The van der Waals surface area contributed by atoms with Crippen LogP contribution >= 0.6 is 0 Å². The van der Waals surface area contributed by atoms with E-state index in [0.29, 0.717) is 17.1 Å². The first-order valence-electron chi connectivity index (χ1n) is 13.4. The molecule has 0 spiro atoms. The molecule has 4 aromatic rings. The Balaban J connectivity index is 1.54. The highest BCUT2D eigenvalue weighted by molar-refractivity contribution is 7.91. The first-order chi connectivity index (χ1) is 22.4. The van der Waals surface area contributed by atoms with Crippen LogP contribution in [0.5, 0.6) is 0 Å². The topological polar surface area (TPSA) is 270 Å². The molecule has 3 aromatic carbocycles. The maximum Gasteiger partial charge on any atom is 0.397 e. The van der Waals surface area contributed by atoms with Crippen molar-refractivity contribution in [3.8, 4) is 0 Å². The van der Waals surface area contributed by atoms with Crippen LogP contribution in [0.4, 0.5) is 34.9 Å². The third-order valence-electron chi connectivity index (χ3n) is 6.05. The van der Waals surface area contributed by atoms with Crippen molar-refractivity contribution >= 4 is 75.4 Å². The normalized spacial score (nSPS) is 12.4. The summed E-state index contributed by atoms with van der Waals surface area (Å²) in [5.41, 5.74) is 2.42. The molecule has 48 heavy (non-hydrogen) atoms. The van der Waals surface area contributed by atoms with Crippen molar-refractivity contribution in [1.29, 1.82) is 0 Å². The van der Waals surface area contributed by atoms with Crippen LogP contribution in [0.25, 0.3) is 0 Å². The quantitative estimate of drug-likeness (QED) is 0.103. The number of anilines is 6. The molecule has 0 aliphatic carbocycles. The maximum absolute atomic E-state index is 12.5. The molecule has 0 radical (unpaired) electrons. The average molecular weight is 745 g/mol. The molecule has 1 heterocycles. The summed E-state index contributed by atoms with van der Waals surface area (Å²) < 4.78 is 118. The van der Waals surface area contributed by atoms with Gasteiger partial charge in [0.05, 0.1) is 34.5 Å². The van der Waals surface area contributed by atoms with E-state index in [1.165, 1.54) is 48.5 Å². The molecule has 258 valence electrons. The second-order valence-electron chi connectivity index (χ2n) is 9.73. The number of sulfone groups is 2. The summed E-state index contributed by atoms with van der Waals surface area (Å²) in [7, 11) is -17.5. The standard InChI is InChI=1S/C26H28N6O12S4/c1-18-2-4-19(5-3-18)27-24-30-25(28-20-6-10-22(11-7-20)45(33,34)16-14-43-47(37,38)39)32-26(31-24)29-21-8-12-23(13-9-21)46(35,36)17-15-44-48(40,41)42/h2-13H,14-17H2,1H3,(H,37,38,39)(H,40,41,42)(H3,27,28,29,30,31,32). The number of nitrogens with zero attached hydrogens (tertiary/aromatic N) is 3.